The highest BCUT2D eigenvalue weighted by Gasteiger charge is 2.24. The van der Waals surface area contributed by atoms with Crippen molar-refractivity contribution in [1.29, 1.82) is 0 Å². The minimum absolute atomic E-state index is 0.689. The van der Waals surface area contributed by atoms with Crippen LogP contribution in [0.5, 0.6) is 0 Å². The third-order valence-corrected chi connectivity index (χ3v) is 2.15. The first-order valence-corrected chi connectivity index (χ1v) is 5.00. The zero-order valence-corrected chi connectivity index (χ0v) is 8.67. The number of aryl methyl sites for hydroxylation is 1. The van der Waals surface area contributed by atoms with Gasteiger partial charge in [0.1, 0.15) is 5.82 Å². The van der Waals surface area contributed by atoms with Crippen LogP contribution >= 0.6 is 0 Å². The Bertz CT molecular complexity index is 277. The van der Waals surface area contributed by atoms with Gasteiger partial charge in [0.05, 0.1) is 0 Å². The molecular formula is C11H18N2. The van der Waals surface area contributed by atoms with Crippen LogP contribution in [0.4, 0.5) is 5.82 Å². The van der Waals surface area contributed by atoms with Crippen molar-refractivity contribution in [3.05, 3.63) is 23.4 Å². The number of hydrogen-bond acceptors (Lipinski definition) is 2. The molecule has 2 nitrogen and oxygen atoms in total. The van der Waals surface area contributed by atoms with Gasteiger partial charge in [0, 0.05) is 11.6 Å². The van der Waals surface area contributed by atoms with Gasteiger partial charge in [-0.1, -0.05) is 19.9 Å². The molecule has 1 aromatic heterocycles. The van der Waals surface area contributed by atoms with Crippen LogP contribution in [0.15, 0.2) is 12.1 Å². The summed E-state index contributed by atoms with van der Waals surface area (Å²) in [5.74, 6) is 1.40. The molecule has 0 atom stereocenters. The van der Waals surface area contributed by atoms with Gasteiger partial charge in [-0.25, -0.2) is 4.98 Å². The second-order valence-corrected chi connectivity index (χ2v) is 3.21. The van der Waals surface area contributed by atoms with Gasteiger partial charge in [0.2, 0.25) is 0 Å². The SMILES string of the molecule is CC.Cc1ccc(C2CC2)nc1N. The molecule has 1 aliphatic carbocycles. The maximum absolute atomic E-state index is 5.68. The second-order valence-electron chi connectivity index (χ2n) is 3.21. The van der Waals surface area contributed by atoms with Crippen LogP contribution in [-0.4, -0.2) is 4.98 Å². The molecular weight excluding hydrogens is 160 g/mol. The van der Waals surface area contributed by atoms with Crippen LogP contribution in [-0.2, 0) is 0 Å². The van der Waals surface area contributed by atoms with Gasteiger partial charge < -0.3 is 5.73 Å². The number of aromatic nitrogens is 1. The van der Waals surface area contributed by atoms with E-state index in [0.29, 0.717) is 11.7 Å². The summed E-state index contributed by atoms with van der Waals surface area (Å²) in [7, 11) is 0. The summed E-state index contributed by atoms with van der Waals surface area (Å²) in [6.45, 7) is 5.99. The van der Waals surface area contributed by atoms with Crippen molar-refractivity contribution in [2.75, 3.05) is 5.73 Å². The largest absolute Gasteiger partial charge is 0.383 e. The first-order valence-electron chi connectivity index (χ1n) is 5.00. The first kappa shape index (κ1) is 10.0. The molecule has 1 fully saturated rings. The molecule has 0 unspecified atom stereocenters. The maximum atomic E-state index is 5.68. The molecule has 1 heterocycles. The average molecular weight is 178 g/mol. The van der Waals surface area contributed by atoms with Crippen molar-refractivity contribution in [2.24, 2.45) is 0 Å². The van der Waals surface area contributed by atoms with Gasteiger partial charge in [0.25, 0.3) is 0 Å². The summed E-state index contributed by atoms with van der Waals surface area (Å²) < 4.78 is 0. The summed E-state index contributed by atoms with van der Waals surface area (Å²) in [4.78, 5) is 4.31. The predicted octanol–water partition coefficient (Wildman–Crippen LogP) is 2.88. The number of nitrogens with zero attached hydrogens (tertiary/aromatic N) is 1. The van der Waals surface area contributed by atoms with Crippen LogP contribution in [0.25, 0.3) is 0 Å². The molecule has 0 aromatic carbocycles. The molecule has 2 rings (SSSR count). The van der Waals surface area contributed by atoms with E-state index in [1.54, 1.807) is 0 Å². The lowest BCUT2D eigenvalue weighted by Gasteiger charge is -2.01. The fourth-order valence-electron chi connectivity index (χ4n) is 1.17. The topological polar surface area (TPSA) is 38.9 Å². The summed E-state index contributed by atoms with van der Waals surface area (Å²) in [5.41, 5.74) is 7.93. The lowest BCUT2D eigenvalue weighted by Crippen LogP contribution is -1.96. The number of pyridine rings is 1. The summed E-state index contributed by atoms with van der Waals surface area (Å²) >= 11 is 0. The van der Waals surface area contributed by atoms with Crippen LogP contribution in [0.3, 0.4) is 0 Å². The molecule has 72 valence electrons. The van der Waals surface area contributed by atoms with Crippen molar-refractivity contribution in [1.82, 2.24) is 4.98 Å². The second kappa shape index (κ2) is 4.26. The van der Waals surface area contributed by atoms with Gasteiger partial charge in [-0.15, -0.1) is 0 Å². The molecule has 0 radical (unpaired) electrons. The highest BCUT2D eigenvalue weighted by Crippen LogP contribution is 2.39. The van der Waals surface area contributed by atoms with Crippen molar-refractivity contribution in [2.45, 2.75) is 39.5 Å². The summed E-state index contributed by atoms with van der Waals surface area (Å²) in [5, 5.41) is 0. The van der Waals surface area contributed by atoms with Crippen molar-refractivity contribution < 1.29 is 0 Å². The zero-order valence-electron chi connectivity index (χ0n) is 8.67. The smallest absolute Gasteiger partial charge is 0.126 e. The van der Waals surface area contributed by atoms with E-state index in [1.807, 2.05) is 20.8 Å². The Balaban J connectivity index is 0.000000396. The minimum atomic E-state index is 0.689. The van der Waals surface area contributed by atoms with E-state index in [4.69, 9.17) is 5.73 Å². The van der Waals surface area contributed by atoms with Gasteiger partial charge >= 0.3 is 0 Å². The normalized spacial score (nSPS) is 14.7. The van der Waals surface area contributed by atoms with E-state index in [9.17, 15) is 0 Å². The van der Waals surface area contributed by atoms with E-state index < -0.39 is 0 Å². The fourth-order valence-corrected chi connectivity index (χ4v) is 1.17. The lowest BCUT2D eigenvalue weighted by atomic mass is 10.2. The monoisotopic (exact) mass is 178 g/mol. The standard InChI is InChI=1S/C9H12N2.C2H6/c1-6-2-5-8(7-3-4-7)11-9(6)10;1-2/h2,5,7H,3-4H2,1H3,(H2,10,11);1-2H3. The Labute approximate surface area is 80.2 Å². The van der Waals surface area contributed by atoms with E-state index in [-0.39, 0.29) is 0 Å². The third kappa shape index (κ3) is 2.44. The van der Waals surface area contributed by atoms with Crippen molar-refractivity contribution in [3.8, 4) is 0 Å². The molecule has 1 aromatic rings. The van der Waals surface area contributed by atoms with Crippen LogP contribution in [0.1, 0.15) is 43.9 Å². The zero-order chi connectivity index (χ0) is 9.84. The highest BCUT2D eigenvalue weighted by atomic mass is 14.9. The van der Waals surface area contributed by atoms with Crippen molar-refractivity contribution >= 4 is 5.82 Å². The van der Waals surface area contributed by atoms with Crippen LogP contribution < -0.4 is 5.73 Å². The Hall–Kier alpha value is -1.05. The lowest BCUT2D eigenvalue weighted by molar-refractivity contribution is 1.02. The van der Waals surface area contributed by atoms with Crippen molar-refractivity contribution in [3.63, 3.8) is 0 Å². The first-order chi connectivity index (χ1) is 6.27. The maximum Gasteiger partial charge on any atom is 0.126 e. The van der Waals surface area contributed by atoms with Gasteiger partial charge in [-0.05, 0) is 31.4 Å². The fraction of sp³-hybridized carbons (Fsp3) is 0.545. The summed E-state index contributed by atoms with van der Waals surface area (Å²) in [6, 6.07) is 4.14. The number of rotatable bonds is 1. The Kier molecular flexibility index (Phi) is 3.29. The van der Waals surface area contributed by atoms with Gasteiger partial charge in [-0.2, -0.15) is 0 Å². The molecule has 0 aliphatic heterocycles. The predicted molar refractivity (Wildman–Crippen MR) is 56.7 cm³/mol. The molecule has 0 spiro atoms. The Morgan fingerprint density at radius 2 is 1.92 bits per heavy atom. The number of hydrogen-bond donors (Lipinski definition) is 1. The molecule has 0 saturated heterocycles. The molecule has 0 amide bonds. The molecule has 2 N–H and O–H groups in total. The quantitative estimate of drug-likeness (QED) is 0.718. The Morgan fingerprint density at radius 3 is 2.38 bits per heavy atom. The van der Waals surface area contributed by atoms with E-state index in [1.165, 1.54) is 18.5 Å². The number of anilines is 1. The Morgan fingerprint density at radius 1 is 1.31 bits per heavy atom. The molecule has 1 aliphatic rings. The average Bonchev–Trinajstić information content (AvgIpc) is 2.96. The molecule has 13 heavy (non-hydrogen) atoms. The van der Waals surface area contributed by atoms with Crippen LogP contribution in [0, 0.1) is 6.92 Å². The minimum Gasteiger partial charge on any atom is -0.383 e. The van der Waals surface area contributed by atoms with Crippen LogP contribution in [0.2, 0.25) is 0 Å². The number of nitrogens with two attached hydrogens (primary N) is 1. The van der Waals surface area contributed by atoms with Gasteiger partial charge in [-0.3, -0.25) is 0 Å². The molecule has 1 saturated carbocycles. The van der Waals surface area contributed by atoms with E-state index >= 15 is 0 Å². The van der Waals surface area contributed by atoms with E-state index in [0.717, 1.165) is 5.56 Å². The van der Waals surface area contributed by atoms with E-state index in [2.05, 4.69) is 17.1 Å². The molecule has 2 heteroatoms. The van der Waals surface area contributed by atoms with Gasteiger partial charge in [0.15, 0.2) is 0 Å². The summed E-state index contributed by atoms with van der Waals surface area (Å²) in [6.07, 6.45) is 2.57. The third-order valence-electron chi connectivity index (χ3n) is 2.15. The number of nitrogen functional groups attached to an aromatic ring is 1. The molecule has 0 bridgehead atoms. The highest BCUT2D eigenvalue weighted by molar-refractivity contribution is 5.40.